The van der Waals surface area contributed by atoms with Crippen LogP contribution in [0, 0.1) is 5.92 Å². The van der Waals surface area contributed by atoms with Crippen LogP contribution < -0.4 is 0 Å². The van der Waals surface area contributed by atoms with Crippen molar-refractivity contribution in [2.24, 2.45) is 11.0 Å². The first-order valence-corrected chi connectivity index (χ1v) is 11.1. The first-order valence-electron chi connectivity index (χ1n) is 10.7. The smallest absolute Gasteiger partial charge is 0.338 e. The number of carbonyl (C=O) groups excluding carboxylic acids is 2. The second-order valence-corrected chi connectivity index (χ2v) is 8.39. The predicted molar refractivity (Wildman–Crippen MR) is 121 cm³/mol. The molecule has 0 N–H and O–H groups in total. The summed E-state index contributed by atoms with van der Waals surface area (Å²) in [5, 5.41) is 6.60. The van der Waals surface area contributed by atoms with E-state index in [4.69, 9.17) is 30.3 Å². The molecular weight excluding hydrogens is 444 g/mol. The van der Waals surface area contributed by atoms with Gasteiger partial charge in [0.2, 0.25) is 0 Å². The zero-order chi connectivity index (χ0) is 22.8. The Kier molecular flexibility index (Phi) is 5.88. The number of amides is 1. The molecule has 2 unspecified atom stereocenters. The number of hydrazone groups is 1. The lowest BCUT2D eigenvalue weighted by Crippen LogP contribution is -2.34. The molecule has 2 aliphatic rings. The number of rotatable bonds is 5. The van der Waals surface area contributed by atoms with E-state index in [9.17, 15) is 9.59 Å². The van der Waals surface area contributed by atoms with Crippen molar-refractivity contribution in [1.29, 1.82) is 0 Å². The highest BCUT2D eigenvalue weighted by Gasteiger charge is 2.45. The molecule has 0 spiro atoms. The molecule has 0 saturated heterocycles. The van der Waals surface area contributed by atoms with Crippen molar-refractivity contribution >= 4 is 35.3 Å². The van der Waals surface area contributed by atoms with E-state index >= 15 is 0 Å². The third-order valence-electron chi connectivity index (χ3n) is 5.86. The summed E-state index contributed by atoms with van der Waals surface area (Å²) in [4.78, 5) is 25.5. The molecule has 8 heteroatoms. The van der Waals surface area contributed by atoms with Crippen LogP contribution in [0.25, 0.3) is 6.08 Å². The van der Waals surface area contributed by atoms with Crippen LogP contribution in [0.2, 0.25) is 5.02 Å². The van der Waals surface area contributed by atoms with Crippen LogP contribution in [0.3, 0.4) is 0 Å². The summed E-state index contributed by atoms with van der Waals surface area (Å²) in [5.41, 5.74) is 2.20. The van der Waals surface area contributed by atoms with Crippen molar-refractivity contribution in [2.75, 3.05) is 6.61 Å². The second-order valence-electron chi connectivity index (χ2n) is 7.95. The molecule has 0 bridgehead atoms. The largest absolute Gasteiger partial charge is 0.467 e. The van der Waals surface area contributed by atoms with Crippen molar-refractivity contribution < 1.29 is 23.2 Å². The molecule has 3 heterocycles. The highest BCUT2D eigenvalue weighted by molar-refractivity contribution is 6.30. The van der Waals surface area contributed by atoms with E-state index in [0.717, 1.165) is 36.3 Å². The number of fused-ring (bicyclic) bond motifs is 1. The van der Waals surface area contributed by atoms with Gasteiger partial charge in [-0.1, -0.05) is 11.6 Å². The summed E-state index contributed by atoms with van der Waals surface area (Å²) < 4.78 is 16.4. The van der Waals surface area contributed by atoms with E-state index in [1.54, 1.807) is 42.9 Å². The molecule has 2 atom stereocenters. The fourth-order valence-electron chi connectivity index (χ4n) is 4.35. The molecule has 1 aromatic carbocycles. The van der Waals surface area contributed by atoms with Crippen molar-refractivity contribution in [2.45, 2.75) is 25.3 Å². The Balaban J connectivity index is 1.39. The van der Waals surface area contributed by atoms with Gasteiger partial charge < -0.3 is 13.6 Å². The van der Waals surface area contributed by atoms with Crippen LogP contribution in [0.5, 0.6) is 0 Å². The van der Waals surface area contributed by atoms with E-state index in [1.807, 2.05) is 24.3 Å². The Hall–Kier alpha value is -3.58. The molecule has 1 aliphatic heterocycles. The molecule has 33 heavy (non-hydrogen) atoms. The second kappa shape index (κ2) is 9.11. The molecule has 0 radical (unpaired) electrons. The number of carbonyl (C=O) groups is 2. The number of allylic oxidation sites excluding steroid dienone is 1. The number of furan rings is 2. The quantitative estimate of drug-likeness (QED) is 0.465. The molecule has 5 rings (SSSR count). The fourth-order valence-corrected chi connectivity index (χ4v) is 4.48. The Morgan fingerprint density at radius 3 is 2.64 bits per heavy atom. The van der Waals surface area contributed by atoms with Gasteiger partial charge in [-0.05, 0) is 79.4 Å². The first-order chi connectivity index (χ1) is 16.1. The van der Waals surface area contributed by atoms with Crippen LogP contribution in [0.4, 0.5) is 0 Å². The Bertz CT molecular complexity index is 1200. The highest BCUT2D eigenvalue weighted by Crippen LogP contribution is 2.44. The van der Waals surface area contributed by atoms with Gasteiger partial charge in [0, 0.05) is 10.9 Å². The molecule has 1 fully saturated rings. The average Bonchev–Trinajstić information content (AvgIpc) is 3.58. The van der Waals surface area contributed by atoms with Crippen molar-refractivity contribution in [3.63, 3.8) is 0 Å². The van der Waals surface area contributed by atoms with Gasteiger partial charge in [-0.2, -0.15) is 5.10 Å². The topological polar surface area (TPSA) is 85.3 Å². The normalized spacial score (nSPS) is 21.1. The zero-order valence-corrected chi connectivity index (χ0v) is 18.4. The number of esters is 1. The molecule has 7 nitrogen and oxygen atoms in total. The van der Waals surface area contributed by atoms with Gasteiger partial charge in [0.25, 0.3) is 5.91 Å². The summed E-state index contributed by atoms with van der Waals surface area (Å²) in [6.07, 6.45) is 7.85. The highest BCUT2D eigenvalue weighted by atomic mass is 35.5. The number of hydrogen-bond acceptors (Lipinski definition) is 6. The molecule has 1 amide bonds. The Morgan fingerprint density at radius 1 is 1.12 bits per heavy atom. The molecule has 1 saturated carbocycles. The Labute approximate surface area is 195 Å². The lowest BCUT2D eigenvalue weighted by atomic mass is 9.79. The Morgan fingerprint density at radius 2 is 1.91 bits per heavy atom. The number of hydrogen-bond donors (Lipinski definition) is 0. The SMILES string of the molecule is O=C(OCC(=O)N1N=C2C(=Cc3ccco3)CCCC2C1c1ccco1)c1ccc(Cl)cc1. The van der Waals surface area contributed by atoms with Crippen molar-refractivity contribution in [3.05, 3.63) is 88.7 Å². The van der Waals surface area contributed by atoms with Crippen LogP contribution in [0.15, 0.2) is 80.6 Å². The number of benzene rings is 1. The van der Waals surface area contributed by atoms with Gasteiger partial charge in [-0.15, -0.1) is 0 Å². The van der Waals surface area contributed by atoms with E-state index in [-0.39, 0.29) is 5.92 Å². The minimum absolute atomic E-state index is 0.0120. The summed E-state index contributed by atoms with van der Waals surface area (Å²) in [7, 11) is 0. The molecule has 2 aromatic heterocycles. The predicted octanol–water partition coefficient (Wildman–Crippen LogP) is 5.51. The lowest BCUT2D eigenvalue weighted by Gasteiger charge is -2.27. The number of ether oxygens (including phenoxy) is 1. The minimum Gasteiger partial charge on any atom is -0.467 e. The molecule has 168 valence electrons. The van der Waals surface area contributed by atoms with Crippen LogP contribution in [-0.4, -0.2) is 29.2 Å². The third-order valence-corrected chi connectivity index (χ3v) is 6.11. The summed E-state index contributed by atoms with van der Waals surface area (Å²) in [5.74, 6) is 0.358. The van der Waals surface area contributed by atoms with E-state index < -0.39 is 24.5 Å². The summed E-state index contributed by atoms with van der Waals surface area (Å²) >= 11 is 5.86. The van der Waals surface area contributed by atoms with Gasteiger partial charge in [0.15, 0.2) is 6.61 Å². The summed E-state index contributed by atoms with van der Waals surface area (Å²) in [6.45, 7) is -0.431. The van der Waals surface area contributed by atoms with Crippen LogP contribution >= 0.6 is 11.6 Å². The van der Waals surface area contributed by atoms with Gasteiger partial charge in [0.1, 0.15) is 17.6 Å². The van der Waals surface area contributed by atoms with Gasteiger partial charge in [-0.3, -0.25) is 4.79 Å². The number of nitrogens with zero attached hydrogens (tertiary/aromatic N) is 2. The molecular formula is C25H21ClN2O5. The first kappa shape index (κ1) is 21.3. The van der Waals surface area contributed by atoms with Gasteiger partial charge >= 0.3 is 5.97 Å². The maximum absolute atomic E-state index is 13.1. The van der Waals surface area contributed by atoms with Gasteiger partial charge in [0.05, 0.1) is 23.8 Å². The summed E-state index contributed by atoms with van der Waals surface area (Å²) in [6, 6.07) is 13.3. The zero-order valence-electron chi connectivity index (χ0n) is 17.6. The van der Waals surface area contributed by atoms with E-state index in [2.05, 4.69) is 0 Å². The van der Waals surface area contributed by atoms with Crippen LogP contribution in [-0.2, 0) is 9.53 Å². The standard InChI is InChI=1S/C25H21ClN2O5/c26-18-10-8-16(9-11-18)25(30)33-15-22(29)28-24(21-7-3-13-32-21)20-6-1-4-17(23(20)27-28)14-19-5-2-12-31-19/h2-3,5,7-14,20,24H,1,4,6,15H2. The minimum atomic E-state index is -0.600. The molecule has 3 aromatic rings. The van der Waals surface area contributed by atoms with Crippen LogP contribution in [0.1, 0.15) is 47.2 Å². The molecule has 1 aliphatic carbocycles. The maximum Gasteiger partial charge on any atom is 0.338 e. The van der Waals surface area contributed by atoms with Crippen molar-refractivity contribution in [1.82, 2.24) is 5.01 Å². The maximum atomic E-state index is 13.1. The average molecular weight is 465 g/mol. The van der Waals surface area contributed by atoms with E-state index in [0.29, 0.717) is 16.3 Å². The fraction of sp³-hybridized carbons (Fsp3) is 0.240. The number of halogens is 1. The monoisotopic (exact) mass is 464 g/mol. The van der Waals surface area contributed by atoms with E-state index in [1.165, 1.54) is 5.01 Å². The third kappa shape index (κ3) is 4.36. The lowest BCUT2D eigenvalue weighted by molar-refractivity contribution is -0.137. The van der Waals surface area contributed by atoms with Crippen molar-refractivity contribution in [3.8, 4) is 0 Å². The van der Waals surface area contributed by atoms with Gasteiger partial charge in [-0.25, -0.2) is 9.80 Å².